The molecule has 0 bridgehead atoms. The van der Waals surface area contributed by atoms with E-state index in [2.05, 4.69) is 13.0 Å². The molecule has 1 aromatic carbocycles. The van der Waals surface area contributed by atoms with Gasteiger partial charge in [0.15, 0.2) is 0 Å². The summed E-state index contributed by atoms with van der Waals surface area (Å²) in [6.45, 7) is 2.43. The van der Waals surface area contributed by atoms with Crippen LogP contribution >= 0.6 is 0 Å². The van der Waals surface area contributed by atoms with E-state index >= 15 is 0 Å². The monoisotopic (exact) mass is 272 g/mol. The molecule has 0 heterocycles. The zero-order valence-corrected chi connectivity index (χ0v) is 12.2. The molecule has 2 N–H and O–H groups in total. The van der Waals surface area contributed by atoms with Gasteiger partial charge in [-0.25, -0.2) is 0 Å². The molecule has 0 radical (unpaired) electrons. The van der Waals surface area contributed by atoms with Crippen LogP contribution in [-0.4, -0.2) is 16.3 Å². The molecule has 5 atom stereocenters. The van der Waals surface area contributed by atoms with Crippen molar-refractivity contribution in [2.75, 3.05) is 0 Å². The lowest BCUT2D eigenvalue weighted by Gasteiger charge is -2.51. The molecule has 3 aliphatic carbocycles. The number of aryl methyl sites for hydroxylation is 1. The summed E-state index contributed by atoms with van der Waals surface area (Å²) < 4.78 is 0. The zero-order chi connectivity index (χ0) is 13.9. The maximum Gasteiger partial charge on any atom is 0.115 e. The number of phenols is 1. The van der Waals surface area contributed by atoms with Crippen molar-refractivity contribution in [2.45, 2.75) is 57.5 Å². The van der Waals surface area contributed by atoms with Crippen molar-refractivity contribution in [3.8, 4) is 5.75 Å². The summed E-state index contributed by atoms with van der Waals surface area (Å²) in [6, 6.07) is 5.96. The molecule has 3 aliphatic rings. The Morgan fingerprint density at radius 2 is 1.95 bits per heavy atom. The van der Waals surface area contributed by atoms with Crippen molar-refractivity contribution >= 4 is 0 Å². The van der Waals surface area contributed by atoms with E-state index in [0.717, 1.165) is 18.8 Å². The van der Waals surface area contributed by atoms with Crippen molar-refractivity contribution in [1.82, 2.24) is 0 Å². The molecule has 0 amide bonds. The van der Waals surface area contributed by atoms with Gasteiger partial charge >= 0.3 is 0 Å². The molecule has 2 fully saturated rings. The van der Waals surface area contributed by atoms with Gasteiger partial charge in [-0.15, -0.1) is 0 Å². The Kier molecular flexibility index (Phi) is 2.69. The average Bonchev–Trinajstić information content (AvgIpc) is 2.74. The molecule has 2 heteroatoms. The predicted octanol–water partition coefficient (Wildman–Crippen LogP) is 3.61. The summed E-state index contributed by atoms with van der Waals surface area (Å²) in [6.07, 6.45) is 6.80. The van der Waals surface area contributed by atoms with E-state index in [9.17, 15) is 10.2 Å². The van der Waals surface area contributed by atoms with E-state index in [0.29, 0.717) is 23.0 Å². The lowest BCUT2D eigenvalue weighted by atomic mass is 9.53. The maximum atomic E-state index is 10.3. The van der Waals surface area contributed by atoms with Crippen LogP contribution in [0.15, 0.2) is 18.2 Å². The van der Waals surface area contributed by atoms with Crippen LogP contribution in [0.5, 0.6) is 5.75 Å². The fourth-order valence-electron chi connectivity index (χ4n) is 5.67. The van der Waals surface area contributed by atoms with Crippen LogP contribution in [0.2, 0.25) is 0 Å². The van der Waals surface area contributed by atoms with Gasteiger partial charge in [0, 0.05) is 0 Å². The first-order valence-electron chi connectivity index (χ1n) is 8.09. The second kappa shape index (κ2) is 4.24. The van der Waals surface area contributed by atoms with Crippen LogP contribution in [0.1, 0.15) is 56.1 Å². The zero-order valence-electron chi connectivity index (χ0n) is 12.2. The highest BCUT2D eigenvalue weighted by molar-refractivity contribution is 5.40. The Morgan fingerprint density at radius 3 is 2.80 bits per heavy atom. The molecule has 2 nitrogen and oxygen atoms in total. The third kappa shape index (κ3) is 1.60. The van der Waals surface area contributed by atoms with Gasteiger partial charge in [0.25, 0.3) is 0 Å². The Balaban J connectivity index is 1.73. The summed E-state index contributed by atoms with van der Waals surface area (Å²) in [4.78, 5) is 0. The molecular formula is C18H24O2. The number of phenolic OH excluding ortho intramolecular Hbond substituents is 1. The molecule has 108 valence electrons. The first-order chi connectivity index (χ1) is 9.59. The SMILES string of the molecule is C[C@]12CC[C@H](O)[C@@H]1CC[C@@H]1c3ccc(O)cc3CC[C@H]12. The van der Waals surface area contributed by atoms with Crippen molar-refractivity contribution in [1.29, 1.82) is 0 Å². The molecule has 0 aliphatic heterocycles. The Labute approximate surface area is 120 Å². The van der Waals surface area contributed by atoms with Crippen molar-refractivity contribution < 1.29 is 10.2 Å². The fourth-order valence-corrected chi connectivity index (χ4v) is 5.67. The highest BCUT2D eigenvalue weighted by Gasteiger charge is 2.54. The van der Waals surface area contributed by atoms with E-state index in [1.165, 1.54) is 36.8 Å². The van der Waals surface area contributed by atoms with E-state index in [1.54, 1.807) is 0 Å². The van der Waals surface area contributed by atoms with E-state index < -0.39 is 0 Å². The molecule has 0 unspecified atom stereocenters. The van der Waals surface area contributed by atoms with E-state index in [-0.39, 0.29) is 6.10 Å². The van der Waals surface area contributed by atoms with Gasteiger partial charge in [0.1, 0.15) is 5.75 Å². The van der Waals surface area contributed by atoms with Crippen LogP contribution in [-0.2, 0) is 6.42 Å². The number of fused-ring (bicyclic) bond motifs is 5. The predicted molar refractivity (Wildman–Crippen MR) is 78.7 cm³/mol. The summed E-state index contributed by atoms with van der Waals surface area (Å²) in [5.41, 5.74) is 3.16. The summed E-state index contributed by atoms with van der Waals surface area (Å²) in [5, 5.41) is 20.0. The van der Waals surface area contributed by atoms with Crippen molar-refractivity contribution in [3.63, 3.8) is 0 Å². The first-order valence-corrected chi connectivity index (χ1v) is 8.09. The highest BCUT2D eigenvalue weighted by Crippen LogP contribution is 2.62. The standard InChI is InChI=1S/C18H24O2/c1-18-9-8-17(20)16(18)7-5-14-13-4-3-12(19)10-11(13)2-6-15(14)18/h3-4,10,14-17,19-20H,2,5-9H2,1H3/t14-,15-,16+,17+,18-/m1/s1. The molecule has 0 aromatic heterocycles. The molecule has 0 spiro atoms. The minimum absolute atomic E-state index is 0.0674. The van der Waals surface area contributed by atoms with Crippen LogP contribution in [0.3, 0.4) is 0 Å². The number of aromatic hydroxyl groups is 1. The summed E-state index contributed by atoms with van der Waals surface area (Å²) >= 11 is 0. The quantitative estimate of drug-likeness (QED) is 0.757. The second-order valence-electron chi connectivity index (χ2n) is 7.43. The number of rotatable bonds is 0. The molecular weight excluding hydrogens is 248 g/mol. The highest BCUT2D eigenvalue weighted by atomic mass is 16.3. The minimum Gasteiger partial charge on any atom is -0.508 e. The van der Waals surface area contributed by atoms with Crippen LogP contribution < -0.4 is 0 Å². The third-order valence-corrected chi connectivity index (χ3v) is 6.66. The van der Waals surface area contributed by atoms with Gasteiger partial charge in [-0.1, -0.05) is 13.0 Å². The van der Waals surface area contributed by atoms with Crippen LogP contribution in [0.25, 0.3) is 0 Å². The number of hydrogen-bond donors (Lipinski definition) is 2. The van der Waals surface area contributed by atoms with Gasteiger partial charge in [-0.2, -0.15) is 0 Å². The lowest BCUT2D eigenvalue weighted by Crippen LogP contribution is -2.44. The minimum atomic E-state index is -0.0674. The number of benzene rings is 1. The van der Waals surface area contributed by atoms with Gasteiger partial charge in [-0.05, 0) is 85.0 Å². The lowest BCUT2D eigenvalue weighted by molar-refractivity contribution is -0.00723. The molecule has 20 heavy (non-hydrogen) atoms. The van der Waals surface area contributed by atoms with Crippen LogP contribution in [0.4, 0.5) is 0 Å². The third-order valence-electron chi connectivity index (χ3n) is 6.66. The Morgan fingerprint density at radius 1 is 1.10 bits per heavy atom. The molecule has 4 rings (SSSR count). The number of hydrogen-bond acceptors (Lipinski definition) is 2. The first kappa shape index (κ1) is 12.7. The van der Waals surface area contributed by atoms with Gasteiger partial charge in [0.2, 0.25) is 0 Å². The summed E-state index contributed by atoms with van der Waals surface area (Å²) in [7, 11) is 0. The molecule has 2 saturated carbocycles. The fraction of sp³-hybridized carbons (Fsp3) is 0.667. The average molecular weight is 272 g/mol. The number of aliphatic hydroxyl groups excluding tert-OH is 1. The maximum absolute atomic E-state index is 10.3. The smallest absolute Gasteiger partial charge is 0.115 e. The molecule has 0 saturated heterocycles. The largest absolute Gasteiger partial charge is 0.508 e. The van der Waals surface area contributed by atoms with Crippen molar-refractivity contribution in [3.05, 3.63) is 29.3 Å². The Hall–Kier alpha value is -1.02. The van der Waals surface area contributed by atoms with E-state index in [1.807, 2.05) is 12.1 Å². The second-order valence-corrected chi connectivity index (χ2v) is 7.43. The van der Waals surface area contributed by atoms with Gasteiger partial charge in [-0.3, -0.25) is 0 Å². The number of aliphatic hydroxyl groups is 1. The van der Waals surface area contributed by atoms with E-state index in [4.69, 9.17) is 0 Å². The molecule has 1 aromatic rings. The summed E-state index contributed by atoms with van der Waals surface area (Å²) in [5.74, 6) is 2.28. The topological polar surface area (TPSA) is 40.5 Å². The Bertz CT molecular complexity index is 538. The van der Waals surface area contributed by atoms with Crippen LogP contribution in [0, 0.1) is 17.3 Å². The van der Waals surface area contributed by atoms with Gasteiger partial charge < -0.3 is 10.2 Å². The van der Waals surface area contributed by atoms with Crippen molar-refractivity contribution in [2.24, 2.45) is 17.3 Å². The normalized spacial score (nSPS) is 42.7. The van der Waals surface area contributed by atoms with Gasteiger partial charge in [0.05, 0.1) is 6.10 Å².